The highest BCUT2D eigenvalue weighted by molar-refractivity contribution is 7.90. The standard InChI is InChI=1S/C23H23ClN6O2S/c1-16-3-2-4-20(24)21(16)33(31,32)30-12-9-17-15-26-23(28-22(17)30)27-18-5-7-19(8-6-18)29-13-10-25-11-14-29/h2-9,12,15,25H,10-11,13-14H2,1H3,(H,26,27,28). The lowest BCUT2D eigenvalue weighted by atomic mass is 10.2. The molecule has 2 aromatic carbocycles. The van der Waals surface area contributed by atoms with Crippen LogP contribution >= 0.6 is 11.6 Å². The second-order valence-electron chi connectivity index (χ2n) is 7.88. The first-order valence-electron chi connectivity index (χ1n) is 10.6. The van der Waals surface area contributed by atoms with Gasteiger partial charge >= 0.3 is 0 Å². The van der Waals surface area contributed by atoms with Crippen molar-refractivity contribution >= 4 is 50.0 Å². The molecule has 0 bridgehead atoms. The zero-order chi connectivity index (χ0) is 23.0. The van der Waals surface area contributed by atoms with Gasteiger partial charge < -0.3 is 15.5 Å². The number of rotatable bonds is 5. The molecule has 10 heteroatoms. The van der Waals surface area contributed by atoms with Gasteiger partial charge in [0.25, 0.3) is 10.0 Å². The van der Waals surface area contributed by atoms with Gasteiger partial charge in [0.2, 0.25) is 5.95 Å². The van der Waals surface area contributed by atoms with Crippen LogP contribution in [0.4, 0.5) is 17.3 Å². The summed E-state index contributed by atoms with van der Waals surface area (Å²) in [5, 5.41) is 7.31. The third-order valence-corrected chi connectivity index (χ3v) is 7.98. The Kier molecular flexibility index (Phi) is 5.69. The first-order valence-corrected chi connectivity index (χ1v) is 12.4. The fourth-order valence-corrected chi connectivity index (χ4v) is 6.09. The molecule has 1 aliphatic heterocycles. The van der Waals surface area contributed by atoms with Crippen molar-refractivity contribution in [2.45, 2.75) is 11.8 Å². The average Bonchev–Trinajstić information content (AvgIpc) is 3.24. The van der Waals surface area contributed by atoms with E-state index in [2.05, 4.69) is 37.6 Å². The lowest BCUT2D eigenvalue weighted by Crippen LogP contribution is -2.43. The smallest absolute Gasteiger partial charge is 0.271 e. The molecule has 8 nitrogen and oxygen atoms in total. The molecule has 0 saturated carbocycles. The van der Waals surface area contributed by atoms with Gasteiger partial charge in [0, 0.05) is 55.3 Å². The molecule has 0 amide bonds. The van der Waals surface area contributed by atoms with Crippen LogP contribution in [0.3, 0.4) is 0 Å². The number of benzene rings is 2. The minimum atomic E-state index is -3.94. The van der Waals surface area contributed by atoms with Gasteiger partial charge in [0.15, 0.2) is 5.65 Å². The Morgan fingerprint density at radius 2 is 1.82 bits per heavy atom. The van der Waals surface area contributed by atoms with Gasteiger partial charge in [0.1, 0.15) is 4.90 Å². The maximum atomic E-state index is 13.4. The minimum Gasteiger partial charge on any atom is -0.369 e. The maximum absolute atomic E-state index is 13.4. The normalized spacial score (nSPS) is 14.5. The molecule has 2 aromatic heterocycles. The van der Waals surface area contributed by atoms with Crippen molar-refractivity contribution in [2.24, 2.45) is 0 Å². The summed E-state index contributed by atoms with van der Waals surface area (Å²) >= 11 is 6.25. The Bertz CT molecular complexity index is 1390. The van der Waals surface area contributed by atoms with E-state index < -0.39 is 10.0 Å². The van der Waals surface area contributed by atoms with Crippen molar-refractivity contribution in [1.29, 1.82) is 0 Å². The molecule has 2 N–H and O–H groups in total. The summed E-state index contributed by atoms with van der Waals surface area (Å²) < 4.78 is 27.9. The van der Waals surface area contributed by atoms with Crippen molar-refractivity contribution in [3.05, 3.63) is 71.5 Å². The third-order valence-electron chi connectivity index (χ3n) is 5.68. The molecule has 0 radical (unpaired) electrons. The van der Waals surface area contributed by atoms with Gasteiger partial charge in [-0.3, -0.25) is 0 Å². The van der Waals surface area contributed by atoms with E-state index in [9.17, 15) is 8.42 Å². The second kappa shape index (κ2) is 8.66. The number of halogens is 1. The van der Waals surface area contributed by atoms with Crippen LogP contribution < -0.4 is 15.5 Å². The Hall–Kier alpha value is -3.14. The van der Waals surface area contributed by atoms with E-state index in [-0.39, 0.29) is 15.6 Å². The molecule has 1 saturated heterocycles. The minimum absolute atomic E-state index is 0.0702. The first-order chi connectivity index (χ1) is 15.9. The van der Waals surface area contributed by atoms with Gasteiger partial charge in [-0.2, -0.15) is 4.98 Å². The van der Waals surface area contributed by atoms with E-state index in [1.54, 1.807) is 37.4 Å². The molecule has 0 aliphatic carbocycles. The summed E-state index contributed by atoms with van der Waals surface area (Å²) in [6.45, 7) is 5.62. The molecule has 1 fully saturated rings. The van der Waals surface area contributed by atoms with Crippen molar-refractivity contribution < 1.29 is 8.42 Å². The van der Waals surface area contributed by atoms with Crippen molar-refractivity contribution in [1.82, 2.24) is 19.3 Å². The van der Waals surface area contributed by atoms with Crippen LogP contribution in [0.5, 0.6) is 0 Å². The van der Waals surface area contributed by atoms with E-state index in [0.29, 0.717) is 16.9 Å². The summed E-state index contributed by atoms with van der Waals surface area (Å²) in [5.41, 5.74) is 2.83. The fourth-order valence-electron chi connectivity index (χ4n) is 4.00. The van der Waals surface area contributed by atoms with Crippen LogP contribution in [0.15, 0.2) is 65.8 Å². The molecular formula is C23H23ClN6O2S. The highest BCUT2D eigenvalue weighted by atomic mass is 35.5. The number of nitrogens with zero attached hydrogens (tertiary/aromatic N) is 4. The van der Waals surface area contributed by atoms with Gasteiger partial charge in [-0.1, -0.05) is 23.7 Å². The highest BCUT2D eigenvalue weighted by Gasteiger charge is 2.25. The number of anilines is 3. The molecule has 170 valence electrons. The molecule has 5 rings (SSSR count). The van der Waals surface area contributed by atoms with E-state index >= 15 is 0 Å². The lowest BCUT2D eigenvalue weighted by Gasteiger charge is -2.29. The van der Waals surface area contributed by atoms with Crippen LogP contribution in [0.25, 0.3) is 11.0 Å². The summed E-state index contributed by atoms with van der Waals surface area (Å²) in [5.74, 6) is 0.309. The van der Waals surface area contributed by atoms with E-state index in [1.165, 1.54) is 6.20 Å². The lowest BCUT2D eigenvalue weighted by molar-refractivity contribution is 0.588. The molecule has 1 aliphatic rings. The number of hydrogen-bond acceptors (Lipinski definition) is 7. The van der Waals surface area contributed by atoms with Crippen molar-refractivity contribution in [2.75, 3.05) is 36.4 Å². The number of hydrogen-bond donors (Lipinski definition) is 2. The SMILES string of the molecule is Cc1cccc(Cl)c1S(=O)(=O)n1ccc2cnc(Nc3ccc(N4CCNCC4)cc3)nc21. The molecule has 33 heavy (non-hydrogen) atoms. The Labute approximate surface area is 197 Å². The van der Waals surface area contributed by atoms with Crippen LogP contribution in [0, 0.1) is 6.92 Å². The molecular weight excluding hydrogens is 460 g/mol. The molecule has 0 unspecified atom stereocenters. The monoisotopic (exact) mass is 482 g/mol. The molecule has 3 heterocycles. The summed E-state index contributed by atoms with van der Waals surface area (Å²) in [4.78, 5) is 11.2. The Balaban J connectivity index is 1.45. The van der Waals surface area contributed by atoms with Crippen molar-refractivity contribution in [3.8, 4) is 0 Å². The van der Waals surface area contributed by atoms with Crippen LogP contribution in [-0.2, 0) is 10.0 Å². The summed E-state index contributed by atoms with van der Waals surface area (Å²) in [6.07, 6.45) is 3.08. The maximum Gasteiger partial charge on any atom is 0.271 e. The number of piperazine rings is 1. The van der Waals surface area contributed by atoms with Gasteiger partial charge in [-0.05, 0) is 48.9 Å². The molecule has 0 spiro atoms. The number of aryl methyl sites for hydroxylation is 1. The predicted molar refractivity (Wildman–Crippen MR) is 131 cm³/mol. The summed E-state index contributed by atoms with van der Waals surface area (Å²) in [6, 6.07) is 14.7. The van der Waals surface area contributed by atoms with Crippen LogP contribution in [-0.4, -0.2) is 48.5 Å². The van der Waals surface area contributed by atoms with Crippen LogP contribution in [0.1, 0.15) is 5.56 Å². The zero-order valence-electron chi connectivity index (χ0n) is 18.0. The van der Waals surface area contributed by atoms with Gasteiger partial charge in [-0.15, -0.1) is 0 Å². The summed E-state index contributed by atoms with van der Waals surface area (Å²) in [7, 11) is -3.94. The van der Waals surface area contributed by atoms with E-state index in [0.717, 1.165) is 41.5 Å². The predicted octanol–water partition coefficient (Wildman–Crippen LogP) is 3.78. The Morgan fingerprint density at radius 1 is 1.06 bits per heavy atom. The fraction of sp³-hybridized carbons (Fsp3) is 0.217. The number of aromatic nitrogens is 3. The van der Waals surface area contributed by atoms with E-state index in [1.807, 2.05) is 12.1 Å². The average molecular weight is 483 g/mol. The topological polar surface area (TPSA) is 92.2 Å². The second-order valence-corrected chi connectivity index (χ2v) is 10.0. The van der Waals surface area contributed by atoms with Gasteiger partial charge in [-0.25, -0.2) is 17.4 Å². The number of fused-ring (bicyclic) bond motifs is 1. The largest absolute Gasteiger partial charge is 0.369 e. The third kappa shape index (κ3) is 4.15. The number of nitrogens with one attached hydrogen (secondary N) is 2. The van der Waals surface area contributed by atoms with E-state index in [4.69, 9.17) is 11.6 Å². The van der Waals surface area contributed by atoms with Crippen molar-refractivity contribution in [3.63, 3.8) is 0 Å². The Morgan fingerprint density at radius 3 is 2.55 bits per heavy atom. The zero-order valence-corrected chi connectivity index (χ0v) is 19.6. The first kappa shape index (κ1) is 21.7. The quantitative estimate of drug-likeness (QED) is 0.447. The van der Waals surface area contributed by atoms with Crippen LogP contribution in [0.2, 0.25) is 5.02 Å². The van der Waals surface area contributed by atoms with Gasteiger partial charge in [0.05, 0.1) is 5.02 Å². The molecule has 0 atom stereocenters. The molecule has 4 aromatic rings. The highest BCUT2D eigenvalue weighted by Crippen LogP contribution is 2.29.